The molecule has 0 saturated carbocycles. The monoisotopic (exact) mass is 370 g/mol. The van der Waals surface area contributed by atoms with Crippen molar-refractivity contribution in [3.05, 3.63) is 89.3 Å². The number of carbonyl (C=O) groups excluding carboxylic acids is 1. The van der Waals surface area contributed by atoms with Gasteiger partial charge in [-0.1, -0.05) is 30.4 Å². The van der Waals surface area contributed by atoms with Crippen LogP contribution in [0.15, 0.2) is 60.7 Å². The molecule has 0 atom stereocenters. The molecule has 0 fully saturated rings. The number of allylic oxidation sites excluding steroid dienone is 2. The minimum Gasteiger partial charge on any atom is -0.423 e. The maximum absolute atomic E-state index is 13.8. The number of hydrogen-bond donors (Lipinski definition) is 0. The van der Waals surface area contributed by atoms with Gasteiger partial charge in [0.25, 0.3) is 0 Å². The van der Waals surface area contributed by atoms with Gasteiger partial charge in [-0.2, -0.15) is 0 Å². The van der Waals surface area contributed by atoms with Crippen LogP contribution in [0.3, 0.4) is 0 Å². The van der Waals surface area contributed by atoms with Crippen LogP contribution in [0, 0.1) is 17.5 Å². The van der Waals surface area contributed by atoms with Crippen molar-refractivity contribution >= 4 is 16.7 Å². The number of halogens is 3. The molecule has 0 radical (unpaired) electrons. The first-order valence-corrected chi connectivity index (χ1v) is 8.49. The number of rotatable bonds is 5. The van der Waals surface area contributed by atoms with E-state index in [0.29, 0.717) is 5.75 Å². The smallest absolute Gasteiger partial charge is 0.343 e. The van der Waals surface area contributed by atoms with Gasteiger partial charge < -0.3 is 4.74 Å². The maximum atomic E-state index is 13.8. The quantitative estimate of drug-likeness (QED) is 0.239. The van der Waals surface area contributed by atoms with Gasteiger partial charge in [0.1, 0.15) is 5.75 Å². The fourth-order valence-corrected chi connectivity index (χ4v) is 2.74. The van der Waals surface area contributed by atoms with Crippen molar-refractivity contribution in [1.29, 1.82) is 0 Å². The van der Waals surface area contributed by atoms with E-state index in [9.17, 15) is 18.0 Å². The molecule has 0 heterocycles. The van der Waals surface area contributed by atoms with Crippen molar-refractivity contribution in [1.82, 2.24) is 0 Å². The first-order valence-electron chi connectivity index (χ1n) is 8.49. The Morgan fingerprint density at radius 3 is 2.44 bits per heavy atom. The Morgan fingerprint density at radius 1 is 1.00 bits per heavy atom. The third-order valence-corrected chi connectivity index (χ3v) is 4.18. The zero-order chi connectivity index (χ0) is 19.4. The molecule has 0 aliphatic heterocycles. The number of aryl methyl sites for hydroxylation is 1. The van der Waals surface area contributed by atoms with Gasteiger partial charge in [-0.3, -0.25) is 0 Å². The number of esters is 1. The first kappa shape index (κ1) is 18.7. The molecular weight excluding hydrogens is 353 g/mol. The van der Waals surface area contributed by atoms with Crippen LogP contribution in [0.2, 0.25) is 0 Å². The topological polar surface area (TPSA) is 26.3 Å². The molecule has 0 unspecified atom stereocenters. The van der Waals surface area contributed by atoms with Crippen molar-refractivity contribution < 1.29 is 22.7 Å². The summed E-state index contributed by atoms with van der Waals surface area (Å²) in [5, 5.41) is -0.0175. The molecule has 0 aliphatic rings. The fraction of sp³-hybridized carbons (Fsp3) is 0.136. The largest absolute Gasteiger partial charge is 0.423 e. The Balaban J connectivity index is 1.77. The zero-order valence-corrected chi connectivity index (χ0v) is 14.6. The minimum absolute atomic E-state index is 0.0835. The molecule has 138 valence electrons. The van der Waals surface area contributed by atoms with Crippen molar-refractivity contribution in [3.8, 4) is 5.75 Å². The summed E-state index contributed by atoms with van der Waals surface area (Å²) in [6, 6.07) is 11.8. The van der Waals surface area contributed by atoms with Gasteiger partial charge in [-0.05, 0) is 61.0 Å². The Hall–Kier alpha value is -3.08. The Labute approximate surface area is 154 Å². The van der Waals surface area contributed by atoms with E-state index in [1.165, 1.54) is 18.2 Å². The van der Waals surface area contributed by atoms with Crippen molar-refractivity contribution in [2.75, 3.05) is 0 Å². The minimum atomic E-state index is -1.53. The molecule has 27 heavy (non-hydrogen) atoms. The molecule has 3 aromatic rings. The summed E-state index contributed by atoms with van der Waals surface area (Å²) in [5.41, 5.74) is 1.23. The number of hydrogen-bond acceptors (Lipinski definition) is 2. The highest BCUT2D eigenvalue weighted by atomic mass is 19.2. The van der Waals surface area contributed by atoms with Gasteiger partial charge in [0.05, 0.1) is 5.56 Å². The molecule has 0 aliphatic carbocycles. The summed E-state index contributed by atoms with van der Waals surface area (Å²) < 4.78 is 45.7. The summed E-state index contributed by atoms with van der Waals surface area (Å²) in [6.45, 7) is 1.97. The Morgan fingerprint density at radius 2 is 1.74 bits per heavy atom. The molecule has 0 bridgehead atoms. The number of ether oxygens (including phenoxy) is 1. The van der Waals surface area contributed by atoms with Gasteiger partial charge in [0, 0.05) is 5.39 Å². The lowest BCUT2D eigenvalue weighted by Gasteiger charge is -2.07. The van der Waals surface area contributed by atoms with E-state index in [4.69, 9.17) is 4.74 Å². The van der Waals surface area contributed by atoms with Crippen LogP contribution in [-0.4, -0.2) is 5.97 Å². The van der Waals surface area contributed by atoms with Crippen LogP contribution >= 0.6 is 0 Å². The zero-order valence-electron chi connectivity index (χ0n) is 14.6. The second-order valence-electron chi connectivity index (χ2n) is 6.06. The molecule has 0 amide bonds. The van der Waals surface area contributed by atoms with Crippen LogP contribution in [0.4, 0.5) is 13.2 Å². The van der Waals surface area contributed by atoms with E-state index in [1.807, 2.05) is 25.1 Å². The van der Waals surface area contributed by atoms with E-state index < -0.39 is 23.4 Å². The number of benzene rings is 3. The number of fused-ring (bicyclic) bond motifs is 1. The van der Waals surface area contributed by atoms with E-state index in [2.05, 4.69) is 6.08 Å². The van der Waals surface area contributed by atoms with Crippen molar-refractivity contribution in [2.45, 2.75) is 19.8 Å². The normalized spacial score (nSPS) is 11.3. The van der Waals surface area contributed by atoms with Crippen LogP contribution in [0.5, 0.6) is 5.75 Å². The van der Waals surface area contributed by atoms with Gasteiger partial charge >= 0.3 is 5.97 Å². The summed E-state index contributed by atoms with van der Waals surface area (Å²) in [4.78, 5) is 12.3. The second-order valence-corrected chi connectivity index (χ2v) is 6.06. The molecule has 0 saturated heterocycles. The average Bonchev–Trinajstić information content (AvgIpc) is 2.67. The van der Waals surface area contributed by atoms with E-state index in [-0.39, 0.29) is 16.3 Å². The SMILES string of the molecule is C/C=C/CCc1ccc(OC(=O)c2ccc3c(F)c(F)c(F)cc3c2)cc1. The molecule has 2 nitrogen and oxygen atoms in total. The Bertz CT molecular complexity index is 1010. The molecular formula is C22H17F3O2. The van der Waals surface area contributed by atoms with Crippen LogP contribution in [0.25, 0.3) is 10.8 Å². The lowest BCUT2D eigenvalue weighted by molar-refractivity contribution is 0.0735. The van der Waals surface area contributed by atoms with E-state index in [1.54, 1.807) is 12.1 Å². The second kappa shape index (κ2) is 8.08. The molecule has 0 spiro atoms. The van der Waals surface area contributed by atoms with Gasteiger partial charge in [-0.25, -0.2) is 18.0 Å². The summed E-state index contributed by atoms with van der Waals surface area (Å²) in [5.74, 6) is -4.42. The highest BCUT2D eigenvalue weighted by Crippen LogP contribution is 2.25. The van der Waals surface area contributed by atoms with Crippen molar-refractivity contribution in [3.63, 3.8) is 0 Å². The van der Waals surface area contributed by atoms with Gasteiger partial charge in [0.2, 0.25) is 0 Å². The lowest BCUT2D eigenvalue weighted by Crippen LogP contribution is -2.08. The predicted octanol–water partition coefficient (Wildman–Crippen LogP) is 5.99. The van der Waals surface area contributed by atoms with Crippen LogP contribution < -0.4 is 4.74 Å². The fourth-order valence-electron chi connectivity index (χ4n) is 2.74. The molecule has 5 heteroatoms. The van der Waals surface area contributed by atoms with Crippen LogP contribution in [0.1, 0.15) is 29.3 Å². The van der Waals surface area contributed by atoms with E-state index >= 15 is 0 Å². The average molecular weight is 370 g/mol. The molecule has 0 N–H and O–H groups in total. The molecule has 0 aromatic heterocycles. The maximum Gasteiger partial charge on any atom is 0.343 e. The number of carbonyl (C=O) groups is 1. The standard InChI is InChI=1S/C22H17F3O2/c1-2-3-4-5-14-6-9-17(10-7-14)27-22(26)15-8-11-18-16(12-15)13-19(23)21(25)20(18)24/h2-3,6-13H,4-5H2,1H3/b3-2+. The van der Waals surface area contributed by atoms with E-state index in [0.717, 1.165) is 24.5 Å². The molecule has 3 aromatic carbocycles. The summed E-state index contributed by atoms with van der Waals surface area (Å²) in [7, 11) is 0. The van der Waals surface area contributed by atoms with Gasteiger partial charge in [0.15, 0.2) is 17.5 Å². The highest BCUT2D eigenvalue weighted by molar-refractivity contribution is 5.96. The third-order valence-electron chi connectivity index (χ3n) is 4.18. The summed E-state index contributed by atoms with van der Waals surface area (Å²) >= 11 is 0. The van der Waals surface area contributed by atoms with Crippen molar-refractivity contribution in [2.24, 2.45) is 0 Å². The predicted molar refractivity (Wildman–Crippen MR) is 98.4 cm³/mol. The van der Waals surface area contributed by atoms with Gasteiger partial charge in [-0.15, -0.1) is 0 Å². The van der Waals surface area contributed by atoms with Crippen LogP contribution in [-0.2, 0) is 6.42 Å². The lowest BCUT2D eigenvalue weighted by atomic mass is 10.1. The first-order chi connectivity index (χ1) is 13.0. The highest BCUT2D eigenvalue weighted by Gasteiger charge is 2.16. The molecule has 3 rings (SSSR count). The third kappa shape index (κ3) is 4.19. The Kier molecular flexibility index (Phi) is 5.60. The summed E-state index contributed by atoms with van der Waals surface area (Å²) in [6.07, 6.45) is 5.88.